The van der Waals surface area contributed by atoms with E-state index in [-0.39, 0.29) is 12.6 Å². The van der Waals surface area contributed by atoms with Gasteiger partial charge in [-0.3, -0.25) is 19.9 Å². The first kappa shape index (κ1) is 23.8. The van der Waals surface area contributed by atoms with E-state index in [4.69, 9.17) is 9.47 Å². The van der Waals surface area contributed by atoms with E-state index in [2.05, 4.69) is 10.7 Å². The molecule has 0 radical (unpaired) electrons. The molecule has 6 amide bonds. The Morgan fingerprint density at radius 1 is 1.03 bits per heavy atom. The van der Waals surface area contributed by atoms with Crippen molar-refractivity contribution in [3.63, 3.8) is 0 Å². The summed E-state index contributed by atoms with van der Waals surface area (Å²) in [5.74, 6) is -0.423. The number of ether oxygens (including phenoxy) is 2. The number of carbonyl (C=O) groups excluding carboxylic acids is 4. The largest absolute Gasteiger partial charge is 0.497 e. The maximum Gasteiger partial charge on any atom is 0.344 e. The van der Waals surface area contributed by atoms with Crippen molar-refractivity contribution in [3.05, 3.63) is 29.8 Å². The molecule has 0 spiro atoms. The number of rotatable bonds is 5. The predicted molar refractivity (Wildman–Crippen MR) is 120 cm³/mol. The van der Waals surface area contributed by atoms with Crippen LogP contribution in [0.2, 0.25) is 0 Å². The normalized spacial score (nSPS) is 23.6. The van der Waals surface area contributed by atoms with Gasteiger partial charge in [-0.25, -0.2) is 9.59 Å². The van der Waals surface area contributed by atoms with Crippen LogP contribution in [0.15, 0.2) is 24.3 Å². The van der Waals surface area contributed by atoms with Crippen LogP contribution >= 0.6 is 0 Å². The Labute approximate surface area is 197 Å². The molecule has 3 aliphatic rings. The van der Waals surface area contributed by atoms with E-state index in [1.807, 2.05) is 4.90 Å². The lowest BCUT2D eigenvalue weighted by atomic mass is 9.92. The predicted octanol–water partition coefficient (Wildman–Crippen LogP) is -0.437. The number of nitrogens with one attached hydrogen (secondary N) is 2. The Kier molecular flexibility index (Phi) is 6.89. The van der Waals surface area contributed by atoms with Crippen LogP contribution in [0.1, 0.15) is 12.5 Å². The van der Waals surface area contributed by atoms with E-state index < -0.39 is 23.4 Å². The Bertz CT molecular complexity index is 942. The molecule has 3 saturated heterocycles. The monoisotopic (exact) mass is 474 g/mol. The summed E-state index contributed by atoms with van der Waals surface area (Å²) in [5, 5.41) is 3.38. The lowest BCUT2D eigenvalue weighted by Crippen LogP contribution is -2.57. The molecule has 12 nitrogen and oxygen atoms in total. The van der Waals surface area contributed by atoms with E-state index in [0.717, 1.165) is 5.01 Å². The molecule has 12 heteroatoms. The fraction of sp³-hybridized carbons (Fsp3) is 0.545. The van der Waals surface area contributed by atoms with E-state index in [9.17, 15) is 19.2 Å². The summed E-state index contributed by atoms with van der Waals surface area (Å²) in [7, 11) is 1.54. The molecular formula is C22H30N6O6. The van der Waals surface area contributed by atoms with Gasteiger partial charge in [0.15, 0.2) is 0 Å². The van der Waals surface area contributed by atoms with Crippen LogP contribution < -0.4 is 15.5 Å². The molecule has 0 saturated carbocycles. The van der Waals surface area contributed by atoms with Gasteiger partial charge in [0.1, 0.15) is 11.3 Å². The van der Waals surface area contributed by atoms with Crippen molar-refractivity contribution in [1.29, 1.82) is 0 Å². The third-order valence-corrected chi connectivity index (χ3v) is 6.39. The number of nitrogens with zero attached hydrogens (tertiary/aromatic N) is 4. The molecule has 3 fully saturated rings. The standard InChI is InChI=1S/C22H30N6O6/c1-22(16-3-5-17(33-2)6-4-16)19(30)28(20(31)23-22)24-18(29)15-25-7-9-26(10-8-25)21(32)27-11-13-34-14-12-27/h3-6H,7-15H2,1-2H3,(H,23,31)(H,24,29). The van der Waals surface area contributed by atoms with Gasteiger partial charge in [0.05, 0.1) is 26.9 Å². The molecule has 0 aromatic heterocycles. The van der Waals surface area contributed by atoms with Crippen molar-refractivity contribution in [3.8, 4) is 5.75 Å². The van der Waals surface area contributed by atoms with Crippen molar-refractivity contribution < 1.29 is 28.7 Å². The third-order valence-electron chi connectivity index (χ3n) is 6.39. The van der Waals surface area contributed by atoms with E-state index in [1.165, 1.54) is 0 Å². The van der Waals surface area contributed by atoms with Gasteiger partial charge >= 0.3 is 12.1 Å². The van der Waals surface area contributed by atoms with Crippen molar-refractivity contribution in [2.75, 3.05) is 66.1 Å². The van der Waals surface area contributed by atoms with Crippen LogP contribution in [0.5, 0.6) is 5.75 Å². The van der Waals surface area contributed by atoms with E-state index in [1.54, 1.807) is 48.1 Å². The Morgan fingerprint density at radius 2 is 1.65 bits per heavy atom. The Balaban J connectivity index is 1.29. The molecular weight excluding hydrogens is 444 g/mol. The van der Waals surface area contributed by atoms with Crippen LogP contribution in [0.25, 0.3) is 0 Å². The van der Waals surface area contributed by atoms with Crippen molar-refractivity contribution in [2.24, 2.45) is 0 Å². The number of urea groups is 2. The summed E-state index contributed by atoms with van der Waals surface area (Å²) in [6, 6.07) is 6.08. The number of carbonyl (C=O) groups is 4. The molecule has 1 aromatic carbocycles. The van der Waals surface area contributed by atoms with Crippen LogP contribution in [-0.2, 0) is 19.9 Å². The zero-order valence-electron chi connectivity index (χ0n) is 19.4. The number of benzene rings is 1. The molecule has 1 aromatic rings. The number of hydrogen-bond donors (Lipinski definition) is 2. The number of methoxy groups -OCH3 is 1. The number of hydrazine groups is 1. The van der Waals surface area contributed by atoms with Gasteiger partial charge in [0.25, 0.3) is 11.8 Å². The minimum Gasteiger partial charge on any atom is -0.497 e. The van der Waals surface area contributed by atoms with Gasteiger partial charge in [-0.05, 0) is 24.6 Å². The SMILES string of the molecule is COc1ccc(C2(C)NC(=O)N(NC(=O)CN3CCN(C(=O)N4CCOCC4)CC3)C2=O)cc1. The number of amides is 6. The zero-order valence-corrected chi connectivity index (χ0v) is 19.4. The Morgan fingerprint density at radius 3 is 2.26 bits per heavy atom. The molecule has 1 atom stereocenters. The highest BCUT2D eigenvalue weighted by molar-refractivity contribution is 6.08. The number of imide groups is 1. The summed E-state index contributed by atoms with van der Waals surface area (Å²) in [5.41, 5.74) is 1.69. The number of morpholine rings is 1. The summed E-state index contributed by atoms with van der Waals surface area (Å²) in [6.45, 7) is 5.91. The topological polar surface area (TPSA) is 124 Å². The minimum absolute atomic E-state index is 0.00967. The fourth-order valence-electron chi connectivity index (χ4n) is 4.28. The summed E-state index contributed by atoms with van der Waals surface area (Å²) in [4.78, 5) is 56.1. The zero-order chi connectivity index (χ0) is 24.3. The minimum atomic E-state index is -1.30. The van der Waals surface area contributed by atoms with Crippen molar-refractivity contribution in [1.82, 2.24) is 30.5 Å². The van der Waals surface area contributed by atoms with Crippen molar-refractivity contribution >= 4 is 23.9 Å². The second-order valence-corrected chi connectivity index (χ2v) is 8.60. The maximum atomic E-state index is 13.0. The second-order valence-electron chi connectivity index (χ2n) is 8.60. The van der Waals surface area contributed by atoms with Gasteiger partial charge in [-0.1, -0.05) is 12.1 Å². The highest BCUT2D eigenvalue weighted by atomic mass is 16.5. The smallest absolute Gasteiger partial charge is 0.344 e. The number of hydrogen-bond acceptors (Lipinski definition) is 7. The summed E-state index contributed by atoms with van der Waals surface area (Å²) < 4.78 is 10.4. The molecule has 3 aliphatic heterocycles. The first-order chi connectivity index (χ1) is 16.3. The van der Waals surface area contributed by atoms with Gasteiger partial charge in [-0.2, -0.15) is 5.01 Å². The van der Waals surface area contributed by atoms with Gasteiger partial charge in [-0.15, -0.1) is 0 Å². The van der Waals surface area contributed by atoms with Crippen molar-refractivity contribution in [2.45, 2.75) is 12.5 Å². The molecule has 0 aliphatic carbocycles. The molecule has 0 bridgehead atoms. The van der Waals surface area contributed by atoms with Crippen LogP contribution in [0, 0.1) is 0 Å². The fourth-order valence-corrected chi connectivity index (χ4v) is 4.28. The molecule has 3 heterocycles. The Hall–Kier alpha value is -3.38. The lowest BCUT2D eigenvalue weighted by Gasteiger charge is -2.38. The maximum absolute atomic E-state index is 13.0. The third kappa shape index (κ3) is 4.77. The number of piperazine rings is 1. The molecule has 4 rings (SSSR count). The summed E-state index contributed by atoms with van der Waals surface area (Å²) in [6.07, 6.45) is 0. The molecule has 1 unspecified atom stereocenters. The van der Waals surface area contributed by atoms with E-state index in [0.29, 0.717) is 63.8 Å². The molecule has 184 valence electrons. The first-order valence-corrected chi connectivity index (χ1v) is 11.3. The van der Waals surface area contributed by atoms with Gasteiger partial charge in [0, 0.05) is 39.3 Å². The van der Waals surface area contributed by atoms with Crippen LogP contribution in [-0.4, -0.2) is 110 Å². The molecule has 2 N–H and O–H groups in total. The second kappa shape index (κ2) is 9.85. The van der Waals surface area contributed by atoms with Gasteiger partial charge in [0.2, 0.25) is 0 Å². The van der Waals surface area contributed by atoms with Crippen LogP contribution in [0.4, 0.5) is 9.59 Å². The highest BCUT2D eigenvalue weighted by Crippen LogP contribution is 2.29. The van der Waals surface area contributed by atoms with Crippen LogP contribution in [0.3, 0.4) is 0 Å². The first-order valence-electron chi connectivity index (χ1n) is 11.3. The highest BCUT2D eigenvalue weighted by Gasteiger charge is 2.50. The average molecular weight is 475 g/mol. The van der Waals surface area contributed by atoms with E-state index >= 15 is 0 Å². The summed E-state index contributed by atoms with van der Waals surface area (Å²) >= 11 is 0. The molecule has 34 heavy (non-hydrogen) atoms. The lowest BCUT2D eigenvalue weighted by molar-refractivity contribution is -0.139. The average Bonchev–Trinajstić information content (AvgIpc) is 3.08. The quantitative estimate of drug-likeness (QED) is 0.555. The van der Waals surface area contributed by atoms with Gasteiger partial charge < -0.3 is 24.6 Å².